The number of ether oxygens (including phenoxy) is 2. The molecule has 0 radical (unpaired) electrons. The van der Waals surface area contributed by atoms with Crippen molar-refractivity contribution in [2.45, 2.75) is 9.79 Å². The summed E-state index contributed by atoms with van der Waals surface area (Å²) in [6.07, 6.45) is 0. The summed E-state index contributed by atoms with van der Waals surface area (Å²) in [5, 5.41) is 0. The molecule has 4 rings (SSSR count). The first-order valence-corrected chi connectivity index (χ1v) is 12.2. The van der Waals surface area contributed by atoms with E-state index in [4.69, 9.17) is 9.47 Å². The Kier molecular flexibility index (Phi) is 6.80. The molecule has 0 unspecified atom stereocenters. The van der Waals surface area contributed by atoms with Crippen LogP contribution in [-0.4, -0.2) is 34.6 Å². The van der Waals surface area contributed by atoms with Gasteiger partial charge >= 0.3 is 11.9 Å². The highest BCUT2D eigenvalue weighted by Gasteiger charge is 2.28. The Hall–Kier alpha value is -4.23. The summed E-state index contributed by atoms with van der Waals surface area (Å²) in [7, 11) is -1.48. The van der Waals surface area contributed by atoms with Crippen LogP contribution < -0.4 is 0 Å². The number of benzene rings is 4. The topological polar surface area (TPSA) is 86.7 Å². The Bertz CT molecular complexity index is 1510. The van der Waals surface area contributed by atoms with Crippen molar-refractivity contribution in [3.8, 4) is 22.3 Å². The van der Waals surface area contributed by atoms with Gasteiger partial charge < -0.3 is 9.47 Å². The van der Waals surface area contributed by atoms with Crippen molar-refractivity contribution in [1.29, 1.82) is 0 Å². The molecule has 0 aliphatic heterocycles. The number of rotatable bonds is 6. The van der Waals surface area contributed by atoms with Gasteiger partial charge in [0.25, 0.3) is 0 Å². The molecule has 176 valence electrons. The van der Waals surface area contributed by atoms with Crippen LogP contribution in [0.4, 0.5) is 0 Å². The largest absolute Gasteiger partial charge is 0.465 e. The van der Waals surface area contributed by atoms with Crippen LogP contribution in [0.3, 0.4) is 0 Å². The molecular formula is C28H22O6S. The van der Waals surface area contributed by atoms with Crippen molar-refractivity contribution in [3.05, 3.63) is 108 Å². The van der Waals surface area contributed by atoms with Gasteiger partial charge in [-0.05, 0) is 52.6 Å². The highest BCUT2D eigenvalue weighted by molar-refractivity contribution is 7.91. The summed E-state index contributed by atoms with van der Waals surface area (Å²) in [5.41, 5.74) is 2.67. The molecule has 0 N–H and O–H groups in total. The van der Waals surface area contributed by atoms with E-state index in [2.05, 4.69) is 0 Å². The van der Waals surface area contributed by atoms with E-state index in [9.17, 15) is 18.0 Å². The van der Waals surface area contributed by atoms with E-state index in [0.29, 0.717) is 27.8 Å². The molecule has 6 nitrogen and oxygen atoms in total. The Labute approximate surface area is 203 Å². The summed E-state index contributed by atoms with van der Waals surface area (Å²) < 4.78 is 36.8. The zero-order valence-electron chi connectivity index (χ0n) is 19.1. The van der Waals surface area contributed by atoms with Gasteiger partial charge in [-0.15, -0.1) is 0 Å². The maximum atomic E-state index is 13.4. The fourth-order valence-corrected chi connectivity index (χ4v) is 5.40. The first kappa shape index (κ1) is 23.9. The number of sulfone groups is 1. The summed E-state index contributed by atoms with van der Waals surface area (Å²) in [5.74, 6) is -1.24. The quantitative estimate of drug-likeness (QED) is 0.338. The van der Waals surface area contributed by atoms with Gasteiger partial charge in [0.1, 0.15) is 0 Å². The van der Waals surface area contributed by atoms with Crippen molar-refractivity contribution in [3.63, 3.8) is 0 Å². The highest BCUT2D eigenvalue weighted by atomic mass is 32.2. The first-order chi connectivity index (χ1) is 16.9. The van der Waals surface area contributed by atoms with Gasteiger partial charge in [0, 0.05) is 0 Å². The maximum Gasteiger partial charge on any atom is 0.339 e. The number of esters is 2. The molecule has 4 aromatic rings. The fraction of sp³-hybridized carbons (Fsp3) is 0.0714. The molecular weight excluding hydrogens is 464 g/mol. The summed E-state index contributed by atoms with van der Waals surface area (Å²) >= 11 is 0. The van der Waals surface area contributed by atoms with Gasteiger partial charge in [-0.3, -0.25) is 0 Å². The monoisotopic (exact) mass is 486 g/mol. The van der Waals surface area contributed by atoms with Crippen LogP contribution in [0.5, 0.6) is 0 Å². The summed E-state index contributed by atoms with van der Waals surface area (Å²) in [6.45, 7) is 0. The Balaban J connectivity index is 1.93. The predicted octanol–water partition coefficient (Wildman–Crippen LogP) is 5.43. The lowest BCUT2D eigenvalue weighted by molar-refractivity contribution is 0.0590. The standard InChI is InChI=1S/C28H22O6S/c1-33-27(29)24-15-7-6-14-22(24)19-10-8-11-20(18-19)23-16-9-17-25(26(23)28(30)34-2)35(31,32)21-12-4-3-5-13-21/h3-18H,1-2H3. The lowest BCUT2D eigenvalue weighted by Crippen LogP contribution is -2.13. The number of carbonyl (C=O) groups is 2. The number of hydrogen-bond acceptors (Lipinski definition) is 6. The average molecular weight is 487 g/mol. The summed E-state index contributed by atoms with van der Waals surface area (Å²) in [6, 6.07) is 26.8. The zero-order valence-corrected chi connectivity index (χ0v) is 19.9. The minimum atomic E-state index is -4.00. The third-order valence-corrected chi connectivity index (χ3v) is 7.39. The van der Waals surface area contributed by atoms with Crippen molar-refractivity contribution < 1.29 is 27.5 Å². The Morgan fingerprint density at radius 1 is 0.629 bits per heavy atom. The molecule has 0 amide bonds. The van der Waals surface area contributed by atoms with Crippen molar-refractivity contribution in [1.82, 2.24) is 0 Å². The highest BCUT2D eigenvalue weighted by Crippen LogP contribution is 2.35. The van der Waals surface area contributed by atoms with E-state index < -0.39 is 21.8 Å². The van der Waals surface area contributed by atoms with Gasteiger partial charge in [-0.25, -0.2) is 18.0 Å². The van der Waals surface area contributed by atoms with Crippen LogP contribution in [0.15, 0.2) is 107 Å². The number of methoxy groups -OCH3 is 2. The van der Waals surface area contributed by atoms with Crippen molar-refractivity contribution >= 4 is 21.8 Å². The van der Waals surface area contributed by atoms with Gasteiger partial charge in [0.15, 0.2) is 0 Å². The molecule has 35 heavy (non-hydrogen) atoms. The van der Waals surface area contributed by atoms with E-state index in [-0.39, 0.29) is 15.4 Å². The molecule has 0 heterocycles. The molecule has 7 heteroatoms. The lowest BCUT2D eigenvalue weighted by Gasteiger charge is -2.15. The molecule has 4 aromatic carbocycles. The Morgan fingerprint density at radius 2 is 1.20 bits per heavy atom. The van der Waals surface area contributed by atoms with Gasteiger partial charge in [0.05, 0.1) is 35.1 Å². The van der Waals surface area contributed by atoms with Gasteiger partial charge in [-0.2, -0.15) is 0 Å². The van der Waals surface area contributed by atoms with Crippen LogP contribution >= 0.6 is 0 Å². The molecule has 0 aromatic heterocycles. The minimum absolute atomic E-state index is 0.0581. The second-order valence-corrected chi connectivity index (χ2v) is 9.52. The van der Waals surface area contributed by atoms with Crippen molar-refractivity contribution in [2.75, 3.05) is 14.2 Å². The second-order valence-electron chi connectivity index (χ2n) is 7.60. The normalized spacial score (nSPS) is 11.0. The zero-order chi connectivity index (χ0) is 25.0. The Morgan fingerprint density at radius 3 is 1.89 bits per heavy atom. The molecule has 0 saturated carbocycles. The van der Waals surface area contributed by atoms with Crippen LogP contribution in [0.2, 0.25) is 0 Å². The van der Waals surface area contributed by atoms with Crippen molar-refractivity contribution in [2.24, 2.45) is 0 Å². The fourth-order valence-electron chi connectivity index (χ4n) is 3.91. The number of hydrogen-bond donors (Lipinski definition) is 0. The van der Waals surface area contributed by atoms with Crippen LogP contribution in [-0.2, 0) is 19.3 Å². The van der Waals surface area contributed by atoms with Crippen LogP contribution in [0.1, 0.15) is 20.7 Å². The molecule has 0 saturated heterocycles. The molecule has 0 bridgehead atoms. The van der Waals surface area contributed by atoms with Crippen LogP contribution in [0.25, 0.3) is 22.3 Å². The minimum Gasteiger partial charge on any atom is -0.465 e. The maximum absolute atomic E-state index is 13.4. The lowest BCUT2D eigenvalue weighted by atomic mass is 9.94. The van der Waals surface area contributed by atoms with E-state index in [1.54, 1.807) is 72.8 Å². The SMILES string of the molecule is COC(=O)c1ccccc1-c1cccc(-c2cccc(S(=O)(=O)c3ccccc3)c2C(=O)OC)c1. The van der Waals surface area contributed by atoms with Crippen LogP contribution in [0, 0.1) is 0 Å². The molecule has 0 spiro atoms. The first-order valence-electron chi connectivity index (χ1n) is 10.7. The molecule has 0 fully saturated rings. The predicted molar refractivity (Wildman–Crippen MR) is 132 cm³/mol. The number of carbonyl (C=O) groups excluding carboxylic acids is 2. The molecule has 0 atom stereocenters. The smallest absolute Gasteiger partial charge is 0.339 e. The van der Waals surface area contributed by atoms with E-state index in [0.717, 1.165) is 0 Å². The third kappa shape index (κ3) is 4.58. The van der Waals surface area contributed by atoms with E-state index in [1.807, 2.05) is 6.07 Å². The third-order valence-electron chi connectivity index (χ3n) is 5.58. The van der Waals surface area contributed by atoms with Gasteiger partial charge in [-0.1, -0.05) is 66.7 Å². The second kappa shape index (κ2) is 9.95. The van der Waals surface area contributed by atoms with E-state index in [1.165, 1.54) is 32.4 Å². The average Bonchev–Trinajstić information content (AvgIpc) is 2.92. The summed E-state index contributed by atoms with van der Waals surface area (Å²) in [4.78, 5) is 25.1. The molecule has 0 aliphatic carbocycles. The van der Waals surface area contributed by atoms with Gasteiger partial charge in [0.2, 0.25) is 9.84 Å². The molecule has 0 aliphatic rings. The van der Waals surface area contributed by atoms with E-state index >= 15 is 0 Å².